The predicted octanol–water partition coefficient (Wildman–Crippen LogP) is 2.07. The number of carbonyl (C=O) groups is 1. The van der Waals surface area contributed by atoms with Crippen LogP contribution in [0.1, 0.15) is 19.4 Å². The lowest BCUT2D eigenvalue weighted by molar-refractivity contribution is -0.387. The summed E-state index contributed by atoms with van der Waals surface area (Å²) in [6, 6.07) is 3.69. The monoisotopic (exact) mass is 316 g/mol. The zero-order valence-corrected chi connectivity index (χ0v) is 12.7. The van der Waals surface area contributed by atoms with Crippen molar-refractivity contribution in [2.45, 2.75) is 25.7 Å². The molecule has 0 aliphatic heterocycles. The first-order valence-electron chi connectivity index (χ1n) is 6.20. The fourth-order valence-corrected chi connectivity index (χ4v) is 3.16. The Balaban J connectivity index is 3.42. The third kappa shape index (κ3) is 3.48. The first-order valence-corrected chi connectivity index (χ1v) is 7.64. The van der Waals surface area contributed by atoms with Crippen LogP contribution >= 0.6 is 0 Å². The molecule has 21 heavy (non-hydrogen) atoms. The first-order chi connectivity index (χ1) is 9.75. The van der Waals surface area contributed by atoms with Crippen molar-refractivity contribution in [1.82, 2.24) is 4.31 Å². The van der Waals surface area contributed by atoms with Crippen LogP contribution in [-0.2, 0) is 14.8 Å². The summed E-state index contributed by atoms with van der Waals surface area (Å²) in [5.74, 6) is 0. The molecule has 0 atom stereocenters. The summed E-state index contributed by atoms with van der Waals surface area (Å²) in [6.45, 7) is 4.39. The van der Waals surface area contributed by atoms with Crippen LogP contribution in [0.3, 0.4) is 0 Å². The van der Waals surface area contributed by atoms with Gasteiger partial charge in [0, 0.05) is 12.6 Å². The minimum absolute atomic E-state index is 0.000838. The summed E-state index contributed by atoms with van der Waals surface area (Å²) in [5.41, 5.74) is -0.0300. The quantitative estimate of drug-likeness (QED) is 0.608. The van der Waals surface area contributed by atoms with E-state index in [0.717, 1.165) is 12.1 Å². The fraction of sp³-hybridized carbons (Fsp3) is 0.417. The second-order valence-electron chi connectivity index (χ2n) is 4.10. The standard InChI is InChI=1S/C12H16N2O6S/c1-4-13(12(15)20-5-2)21(18,19)11-7-6-9(3)8-10(11)14(16)17/h6-8H,4-5H2,1-3H3. The van der Waals surface area contributed by atoms with Crippen molar-refractivity contribution in [2.24, 2.45) is 0 Å². The summed E-state index contributed by atoms with van der Waals surface area (Å²) >= 11 is 0. The summed E-state index contributed by atoms with van der Waals surface area (Å²) in [7, 11) is -4.35. The van der Waals surface area contributed by atoms with E-state index in [-0.39, 0.29) is 13.2 Å². The number of rotatable bonds is 5. The van der Waals surface area contributed by atoms with Gasteiger partial charge >= 0.3 is 6.09 Å². The molecule has 0 bridgehead atoms. The molecule has 0 aromatic heterocycles. The van der Waals surface area contributed by atoms with Crippen molar-refractivity contribution in [3.63, 3.8) is 0 Å². The third-order valence-corrected chi connectivity index (χ3v) is 4.53. The summed E-state index contributed by atoms with van der Waals surface area (Å²) < 4.78 is 30.0. The minimum atomic E-state index is -4.35. The van der Waals surface area contributed by atoms with Gasteiger partial charge in [0.1, 0.15) is 0 Å². The fourth-order valence-electron chi connectivity index (χ4n) is 1.70. The Morgan fingerprint density at radius 3 is 2.48 bits per heavy atom. The van der Waals surface area contributed by atoms with E-state index in [2.05, 4.69) is 4.74 Å². The molecule has 0 N–H and O–H groups in total. The van der Waals surface area contributed by atoms with Gasteiger partial charge in [-0.25, -0.2) is 17.5 Å². The smallest absolute Gasteiger partial charge is 0.423 e. The van der Waals surface area contributed by atoms with Gasteiger partial charge in [0.15, 0.2) is 4.90 Å². The average Bonchev–Trinajstić information content (AvgIpc) is 2.38. The number of aryl methyl sites for hydroxylation is 1. The number of hydrogen-bond donors (Lipinski definition) is 0. The number of benzene rings is 1. The predicted molar refractivity (Wildman–Crippen MR) is 74.4 cm³/mol. The van der Waals surface area contributed by atoms with Crippen LogP contribution in [0.4, 0.5) is 10.5 Å². The number of ether oxygens (including phenoxy) is 1. The van der Waals surface area contributed by atoms with Gasteiger partial charge in [-0.1, -0.05) is 6.07 Å². The lowest BCUT2D eigenvalue weighted by atomic mass is 10.2. The number of nitrogens with zero attached hydrogens (tertiary/aromatic N) is 2. The van der Waals surface area contributed by atoms with Crippen molar-refractivity contribution in [2.75, 3.05) is 13.2 Å². The average molecular weight is 316 g/mol. The molecular weight excluding hydrogens is 300 g/mol. The number of amides is 1. The van der Waals surface area contributed by atoms with E-state index in [4.69, 9.17) is 0 Å². The second kappa shape index (κ2) is 6.53. The van der Waals surface area contributed by atoms with E-state index in [9.17, 15) is 23.3 Å². The molecule has 0 spiro atoms. The van der Waals surface area contributed by atoms with E-state index in [1.54, 1.807) is 6.92 Å². The van der Waals surface area contributed by atoms with Crippen molar-refractivity contribution < 1.29 is 22.9 Å². The molecular formula is C12H16N2O6S. The Kier molecular flexibility index (Phi) is 5.25. The Labute approximate surface area is 122 Å². The topological polar surface area (TPSA) is 107 Å². The van der Waals surface area contributed by atoms with Gasteiger partial charge in [-0.2, -0.15) is 0 Å². The van der Waals surface area contributed by atoms with Gasteiger partial charge < -0.3 is 4.74 Å². The maximum atomic E-state index is 12.4. The van der Waals surface area contributed by atoms with Crippen LogP contribution in [0.5, 0.6) is 0 Å². The molecule has 0 saturated heterocycles. The molecule has 0 saturated carbocycles. The van der Waals surface area contributed by atoms with Gasteiger partial charge in [0.05, 0.1) is 11.5 Å². The lowest BCUT2D eigenvalue weighted by Crippen LogP contribution is -2.37. The SMILES string of the molecule is CCOC(=O)N(CC)S(=O)(=O)c1ccc(C)cc1[N+](=O)[O-]. The van der Waals surface area contributed by atoms with Crippen LogP contribution < -0.4 is 0 Å². The van der Waals surface area contributed by atoms with Gasteiger partial charge in [0.2, 0.25) is 0 Å². The summed E-state index contributed by atoms with van der Waals surface area (Å²) in [6.07, 6.45) is -1.06. The van der Waals surface area contributed by atoms with Crippen molar-refractivity contribution in [3.8, 4) is 0 Å². The van der Waals surface area contributed by atoms with Gasteiger partial charge in [0.25, 0.3) is 15.7 Å². The van der Waals surface area contributed by atoms with E-state index < -0.39 is 31.6 Å². The Morgan fingerprint density at radius 1 is 1.38 bits per heavy atom. The largest absolute Gasteiger partial charge is 0.449 e. The number of nitro groups is 1. The number of carbonyl (C=O) groups excluding carboxylic acids is 1. The van der Waals surface area contributed by atoms with Crippen LogP contribution in [-0.4, -0.2) is 36.9 Å². The maximum Gasteiger partial charge on any atom is 0.423 e. The molecule has 0 unspecified atom stereocenters. The maximum absolute atomic E-state index is 12.4. The highest BCUT2D eigenvalue weighted by molar-refractivity contribution is 7.89. The Bertz CT molecular complexity index is 656. The zero-order chi connectivity index (χ0) is 16.2. The molecule has 1 aromatic carbocycles. The van der Waals surface area contributed by atoms with Crippen molar-refractivity contribution in [3.05, 3.63) is 33.9 Å². The van der Waals surface area contributed by atoms with E-state index in [1.807, 2.05) is 0 Å². The summed E-state index contributed by atoms with van der Waals surface area (Å²) in [4.78, 5) is 21.4. The molecule has 0 aliphatic carbocycles. The molecule has 0 aliphatic rings. The molecule has 8 nitrogen and oxygen atoms in total. The molecule has 0 fully saturated rings. The van der Waals surface area contributed by atoms with Crippen LogP contribution in [0, 0.1) is 17.0 Å². The Hall–Kier alpha value is -2.16. The second-order valence-corrected chi connectivity index (χ2v) is 5.93. The van der Waals surface area contributed by atoms with Gasteiger partial charge in [-0.05, 0) is 32.4 Å². The molecule has 0 radical (unpaired) electrons. The van der Waals surface area contributed by atoms with Crippen LogP contribution in [0.25, 0.3) is 0 Å². The lowest BCUT2D eigenvalue weighted by Gasteiger charge is -2.19. The number of hydrogen-bond acceptors (Lipinski definition) is 6. The van der Waals surface area contributed by atoms with Crippen LogP contribution in [0.15, 0.2) is 23.1 Å². The minimum Gasteiger partial charge on any atom is -0.449 e. The van der Waals surface area contributed by atoms with Crippen molar-refractivity contribution >= 4 is 21.8 Å². The molecule has 1 aromatic rings. The first kappa shape index (κ1) is 16.9. The summed E-state index contributed by atoms with van der Waals surface area (Å²) in [5, 5.41) is 11.0. The molecule has 1 rings (SSSR count). The molecule has 1 amide bonds. The van der Waals surface area contributed by atoms with Crippen LogP contribution in [0.2, 0.25) is 0 Å². The number of sulfonamides is 1. The van der Waals surface area contributed by atoms with Crippen molar-refractivity contribution in [1.29, 1.82) is 0 Å². The highest BCUT2D eigenvalue weighted by Crippen LogP contribution is 2.28. The molecule has 9 heteroatoms. The highest BCUT2D eigenvalue weighted by Gasteiger charge is 2.34. The third-order valence-electron chi connectivity index (χ3n) is 2.64. The van der Waals surface area contributed by atoms with Gasteiger partial charge in [-0.15, -0.1) is 0 Å². The zero-order valence-electron chi connectivity index (χ0n) is 11.9. The molecule has 0 heterocycles. The van der Waals surface area contributed by atoms with E-state index in [1.165, 1.54) is 19.9 Å². The molecule has 116 valence electrons. The highest BCUT2D eigenvalue weighted by atomic mass is 32.2. The normalized spacial score (nSPS) is 11.0. The van der Waals surface area contributed by atoms with E-state index in [0.29, 0.717) is 9.87 Å². The van der Waals surface area contributed by atoms with E-state index >= 15 is 0 Å². The Morgan fingerprint density at radius 2 is 2.00 bits per heavy atom. The number of nitro benzene ring substituents is 1. The van der Waals surface area contributed by atoms with Gasteiger partial charge in [-0.3, -0.25) is 10.1 Å².